The van der Waals surface area contributed by atoms with Crippen molar-refractivity contribution in [1.82, 2.24) is 0 Å². The molecule has 1 aromatic carbocycles. The van der Waals surface area contributed by atoms with E-state index in [-0.39, 0.29) is 24.5 Å². The minimum Gasteiger partial charge on any atom is -0.507 e. The van der Waals surface area contributed by atoms with E-state index in [0.29, 0.717) is 5.56 Å². The molecule has 0 radical (unpaired) electrons. The molecule has 0 spiro atoms. The molecule has 0 saturated carbocycles. The van der Waals surface area contributed by atoms with Gasteiger partial charge in [0.2, 0.25) is 0 Å². The van der Waals surface area contributed by atoms with Crippen LogP contribution in [-0.2, 0) is 6.42 Å². The fraction of sp³-hybridized carbons (Fsp3) is 0.333. The molecular weight excluding hydrogens is 175 g/mol. The fourth-order valence-electron chi connectivity index (χ4n) is 1.14. The summed E-state index contributed by atoms with van der Waals surface area (Å²) in [5, 5.41) is 18.0. The highest BCUT2D eigenvalue weighted by molar-refractivity contribution is 5.44. The summed E-state index contributed by atoms with van der Waals surface area (Å²) in [6.45, 7) is -0.116. The first-order valence-corrected chi connectivity index (χ1v) is 3.85. The number of aliphatic hydroxyl groups excluding tert-OH is 1. The van der Waals surface area contributed by atoms with E-state index in [9.17, 15) is 9.50 Å². The lowest BCUT2D eigenvalue weighted by molar-refractivity contribution is 0.293. The van der Waals surface area contributed by atoms with Crippen LogP contribution in [0.15, 0.2) is 12.1 Å². The second-order valence-electron chi connectivity index (χ2n) is 2.58. The van der Waals surface area contributed by atoms with E-state index >= 15 is 0 Å². The molecule has 0 saturated heterocycles. The van der Waals surface area contributed by atoms with Gasteiger partial charge < -0.3 is 14.9 Å². The molecule has 1 aromatic rings. The number of rotatable bonds is 3. The van der Waals surface area contributed by atoms with Gasteiger partial charge in [0.05, 0.1) is 7.11 Å². The normalized spacial score (nSPS) is 10.1. The lowest BCUT2D eigenvalue weighted by Gasteiger charge is -2.09. The third-order valence-corrected chi connectivity index (χ3v) is 1.73. The van der Waals surface area contributed by atoms with Crippen molar-refractivity contribution in [2.24, 2.45) is 0 Å². The molecule has 1 rings (SSSR count). The van der Waals surface area contributed by atoms with Crippen molar-refractivity contribution in [2.45, 2.75) is 6.42 Å². The van der Waals surface area contributed by atoms with E-state index in [4.69, 9.17) is 9.84 Å². The molecule has 13 heavy (non-hydrogen) atoms. The molecular formula is C9H11FO3. The predicted molar refractivity (Wildman–Crippen MR) is 45.4 cm³/mol. The minimum absolute atomic E-state index is 0.116. The maximum Gasteiger partial charge on any atom is 0.130 e. The van der Waals surface area contributed by atoms with Gasteiger partial charge >= 0.3 is 0 Å². The lowest BCUT2D eigenvalue weighted by Crippen LogP contribution is -1.97. The zero-order valence-corrected chi connectivity index (χ0v) is 7.25. The minimum atomic E-state index is -0.559. The maximum atomic E-state index is 12.7. The Morgan fingerprint density at radius 1 is 1.46 bits per heavy atom. The van der Waals surface area contributed by atoms with Gasteiger partial charge in [-0.25, -0.2) is 4.39 Å². The monoisotopic (exact) mass is 186 g/mol. The average molecular weight is 186 g/mol. The molecule has 3 nitrogen and oxygen atoms in total. The van der Waals surface area contributed by atoms with E-state index < -0.39 is 5.82 Å². The molecule has 0 aliphatic rings. The van der Waals surface area contributed by atoms with Gasteiger partial charge in [-0.2, -0.15) is 0 Å². The standard InChI is InChI=1S/C9H11FO3/c1-13-9-5-6(10)4-8(12)7(9)2-3-11/h4-5,11-12H,2-3H2,1H3. The van der Waals surface area contributed by atoms with E-state index in [1.54, 1.807) is 0 Å². The van der Waals surface area contributed by atoms with Crippen LogP contribution in [0.2, 0.25) is 0 Å². The number of methoxy groups -OCH3 is 1. The SMILES string of the molecule is COc1cc(F)cc(O)c1CCO. The van der Waals surface area contributed by atoms with Crippen LogP contribution >= 0.6 is 0 Å². The summed E-state index contributed by atoms with van der Waals surface area (Å²) in [4.78, 5) is 0. The number of phenols is 1. The van der Waals surface area contributed by atoms with Crippen molar-refractivity contribution >= 4 is 0 Å². The van der Waals surface area contributed by atoms with Crippen LogP contribution in [0.1, 0.15) is 5.56 Å². The number of phenolic OH excluding ortho intramolecular Hbond substituents is 1. The first-order chi connectivity index (χ1) is 6.19. The van der Waals surface area contributed by atoms with Crippen molar-refractivity contribution in [2.75, 3.05) is 13.7 Å². The highest BCUT2D eigenvalue weighted by atomic mass is 19.1. The Kier molecular flexibility index (Phi) is 3.08. The zero-order valence-electron chi connectivity index (χ0n) is 7.25. The van der Waals surface area contributed by atoms with Crippen LogP contribution in [0.25, 0.3) is 0 Å². The molecule has 0 bridgehead atoms. The van der Waals surface area contributed by atoms with Crippen molar-refractivity contribution in [3.05, 3.63) is 23.5 Å². The number of hydrogen-bond acceptors (Lipinski definition) is 3. The predicted octanol–water partition coefficient (Wildman–Crippen LogP) is 1.07. The number of halogens is 1. The highest BCUT2D eigenvalue weighted by Gasteiger charge is 2.10. The molecule has 0 amide bonds. The van der Waals surface area contributed by atoms with Crippen molar-refractivity contribution < 1.29 is 19.3 Å². The summed E-state index contributed by atoms with van der Waals surface area (Å²) < 4.78 is 17.6. The maximum absolute atomic E-state index is 12.7. The Labute approximate surface area is 75.4 Å². The van der Waals surface area contributed by atoms with Gasteiger partial charge in [0.15, 0.2) is 0 Å². The Balaban J connectivity index is 3.13. The first-order valence-electron chi connectivity index (χ1n) is 3.85. The van der Waals surface area contributed by atoms with E-state index in [1.807, 2.05) is 0 Å². The largest absolute Gasteiger partial charge is 0.507 e. The van der Waals surface area contributed by atoms with Crippen molar-refractivity contribution in [1.29, 1.82) is 0 Å². The van der Waals surface area contributed by atoms with Gasteiger partial charge in [-0.05, 0) is 0 Å². The van der Waals surface area contributed by atoms with Crippen molar-refractivity contribution in [3.63, 3.8) is 0 Å². The van der Waals surface area contributed by atoms with Gasteiger partial charge in [-0.15, -0.1) is 0 Å². The zero-order chi connectivity index (χ0) is 9.84. The molecule has 0 fully saturated rings. The third kappa shape index (κ3) is 2.09. The molecule has 0 heterocycles. The second-order valence-corrected chi connectivity index (χ2v) is 2.58. The number of ether oxygens (including phenoxy) is 1. The summed E-state index contributed by atoms with van der Waals surface area (Å²) in [6, 6.07) is 2.16. The second kappa shape index (κ2) is 4.09. The Bertz CT molecular complexity index is 299. The van der Waals surface area contributed by atoms with Crippen LogP contribution in [0, 0.1) is 5.82 Å². The van der Waals surface area contributed by atoms with Crippen LogP contribution in [0.4, 0.5) is 4.39 Å². The van der Waals surface area contributed by atoms with Gasteiger partial charge in [-0.3, -0.25) is 0 Å². The van der Waals surface area contributed by atoms with Gasteiger partial charge in [0, 0.05) is 30.7 Å². The molecule has 0 unspecified atom stereocenters. The average Bonchev–Trinajstić information content (AvgIpc) is 2.09. The van der Waals surface area contributed by atoms with Crippen LogP contribution in [0.5, 0.6) is 11.5 Å². The molecule has 4 heteroatoms. The molecule has 0 aromatic heterocycles. The highest BCUT2D eigenvalue weighted by Crippen LogP contribution is 2.29. The third-order valence-electron chi connectivity index (χ3n) is 1.73. The van der Waals surface area contributed by atoms with E-state index in [2.05, 4.69) is 0 Å². The topological polar surface area (TPSA) is 49.7 Å². The summed E-state index contributed by atoms with van der Waals surface area (Å²) in [5.41, 5.74) is 0.423. The Hall–Kier alpha value is -1.29. The molecule has 0 aliphatic carbocycles. The molecule has 0 atom stereocenters. The molecule has 2 N–H and O–H groups in total. The van der Waals surface area contributed by atoms with Gasteiger partial charge in [-0.1, -0.05) is 0 Å². The number of aromatic hydroxyl groups is 1. The van der Waals surface area contributed by atoms with E-state index in [0.717, 1.165) is 6.07 Å². The quantitative estimate of drug-likeness (QED) is 0.742. The summed E-state index contributed by atoms with van der Waals surface area (Å²) >= 11 is 0. The smallest absolute Gasteiger partial charge is 0.130 e. The fourth-order valence-corrected chi connectivity index (χ4v) is 1.14. The van der Waals surface area contributed by atoms with E-state index in [1.165, 1.54) is 13.2 Å². The summed E-state index contributed by atoms with van der Waals surface area (Å²) in [6.07, 6.45) is 0.245. The number of aliphatic hydroxyl groups is 1. The number of benzene rings is 1. The Morgan fingerprint density at radius 2 is 2.15 bits per heavy atom. The van der Waals surface area contributed by atoms with Crippen LogP contribution in [-0.4, -0.2) is 23.9 Å². The van der Waals surface area contributed by atoms with Gasteiger partial charge in [0.25, 0.3) is 0 Å². The summed E-state index contributed by atoms with van der Waals surface area (Å²) in [5.74, 6) is -0.492. The number of hydrogen-bond donors (Lipinski definition) is 2. The lowest BCUT2D eigenvalue weighted by atomic mass is 10.1. The Morgan fingerprint density at radius 3 is 2.69 bits per heavy atom. The first kappa shape index (κ1) is 9.80. The van der Waals surface area contributed by atoms with Crippen molar-refractivity contribution in [3.8, 4) is 11.5 Å². The van der Waals surface area contributed by atoms with Crippen LogP contribution < -0.4 is 4.74 Å². The molecule has 0 aliphatic heterocycles. The van der Waals surface area contributed by atoms with Crippen LogP contribution in [0.3, 0.4) is 0 Å². The van der Waals surface area contributed by atoms with Gasteiger partial charge in [0.1, 0.15) is 17.3 Å². The molecule has 72 valence electrons. The summed E-state index contributed by atoms with van der Waals surface area (Å²) in [7, 11) is 1.38.